The van der Waals surface area contributed by atoms with E-state index in [0.717, 1.165) is 23.9 Å². The molecule has 1 atom stereocenters. The zero-order valence-corrected chi connectivity index (χ0v) is 15.5. The first-order valence-electron chi connectivity index (χ1n) is 7.89. The van der Waals surface area contributed by atoms with E-state index < -0.39 is 29.0 Å². The van der Waals surface area contributed by atoms with Crippen LogP contribution in [0.4, 0.5) is 19.3 Å². The third-order valence-corrected chi connectivity index (χ3v) is 5.14. The molecule has 2 rings (SSSR count). The van der Waals surface area contributed by atoms with Crippen LogP contribution in [-0.2, 0) is 4.79 Å². The molecule has 1 aliphatic heterocycles. The number of likely N-dealkylation sites (tertiary alicyclic amines) is 1. The van der Waals surface area contributed by atoms with E-state index in [1.165, 1.54) is 4.90 Å². The predicted molar refractivity (Wildman–Crippen MR) is 92.9 cm³/mol. The van der Waals surface area contributed by atoms with Gasteiger partial charge in [0.15, 0.2) is 0 Å². The van der Waals surface area contributed by atoms with Gasteiger partial charge < -0.3 is 15.3 Å². The largest absolute Gasteiger partial charge is 0.481 e. The van der Waals surface area contributed by atoms with Gasteiger partial charge in [0.2, 0.25) is 0 Å². The molecule has 8 heteroatoms. The van der Waals surface area contributed by atoms with Gasteiger partial charge in [-0.25, -0.2) is 13.6 Å². The van der Waals surface area contributed by atoms with Crippen molar-refractivity contribution in [2.75, 3.05) is 18.4 Å². The molecule has 1 saturated heterocycles. The van der Waals surface area contributed by atoms with Crippen LogP contribution in [0.5, 0.6) is 0 Å². The van der Waals surface area contributed by atoms with E-state index in [9.17, 15) is 23.5 Å². The lowest BCUT2D eigenvalue weighted by atomic mass is 9.90. The first-order valence-corrected chi connectivity index (χ1v) is 8.70. The van der Waals surface area contributed by atoms with E-state index in [4.69, 9.17) is 0 Å². The number of anilines is 1. The Hall–Kier alpha value is -1.83. The summed E-state index contributed by atoms with van der Waals surface area (Å²) >= 11 is 1.07. The minimum absolute atomic E-state index is 0.00203. The van der Waals surface area contributed by atoms with Gasteiger partial charge in [-0.3, -0.25) is 4.79 Å². The lowest BCUT2D eigenvalue weighted by molar-refractivity contribution is -0.146. The number of rotatable bonds is 3. The Morgan fingerprint density at radius 2 is 1.84 bits per heavy atom. The Labute approximate surface area is 149 Å². The quantitative estimate of drug-likeness (QED) is 0.781. The topological polar surface area (TPSA) is 69.6 Å². The maximum Gasteiger partial charge on any atom is 0.321 e. The third kappa shape index (κ3) is 4.62. The van der Waals surface area contributed by atoms with Gasteiger partial charge in [0.05, 0.1) is 10.3 Å². The molecule has 0 aromatic heterocycles. The van der Waals surface area contributed by atoms with E-state index in [1.54, 1.807) is 6.92 Å². The highest BCUT2D eigenvalue weighted by atomic mass is 32.2. The van der Waals surface area contributed by atoms with Crippen molar-refractivity contribution in [3.05, 3.63) is 23.8 Å². The molecule has 1 aliphatic rings. The number of carbonyl (C=O) groups is 2. The van der Waals surface area contributed by atoms with Crippen LogP contribution in [0.3, 0.4) is 0 Å². The summed E-state index contributed by atoms with van der Waals surface area (Å²) in [5, 5.41) is 11.6. The van der Waals surface area contributed by atoms with Crippen molar-refractivity contribution in [3.63, 3.8) is 0 Å². The second-order valence-electron chi connectivity index (χ2n) is 7.45. The van der Waals surface area contributed by atoms with Crippen LogP contribution < -0.4 is 5.32 Å². The summed E-state index contributed by atoms with van der Waals surface area (Å²) in [4.78, 5) is 24.7. The fourth-order valence-corrected chi connectivity index (χ4v) is 3.47. The average Bonchev–Trinajstić information content (AvgIpc) is 2.86. The van der Waals surface area contributed by atoms with Gasteiger partial charge >= 0.3 is 12.0 Å². The van der Waals surface area contributed by atoms with Crippen LogP contribution in [0.25, 0.3) is 0 Å². The highest BCUT2D eigenvalue weighted by Crippen LogP contribution is 2.37. The molecule has 2 amide bonds. The fourth-order valence-electron chi connectivity index (χ4n) is 2.55. The van der Waals surface area contributed by atoms with Crippen molar-refractivity contribution in [1.82, 2.24) is 4.90 Å². The van der Waals surface area contributed by atoms with Gasteiger partial charge in [-0.05, 0) is 25.5 Å². The normalized spacial score (nSPS) is 20.6. The van der Waals surface area contributed by atoms with Crippen molar-refractivity contribution in [2.24, 2.45) is 5.41 Å². The summed E-state index contributed by atoms with van der Waals surface area (Å²) in [5.41, 5.74) is -0.997. The molecule has 1 unspecified atom stereocenters. The molecule has 0 aliphatic carbocycles. The Balaban J connectivity index is 2.11. The highest BCUT2D eigenvalue weighted by molar-refractivity contribution is 8.00. The molecule has 2 N–H and O–H groups in total. The molecule has 0 saturated carbocycles. The average molecular weight is 372 g/mol. The number of urea groups is 1. The van der Waals surface area contributed by atoms with Crippen LogP contribution in [-0.4, -0.2) is 39.8 Å². The van der Waals surface area contributed by atoms with E-state index in [-0.39, 0.29) is 28.4 Å². The van der Waals surface area contributed by atoms with Crippen LogP contribution in [0.2, 0.25) is 0 Å². The molecular weight excluding hydrogens is 350 g/mol. The number of aliphatic carboxylic acids is 1. The number of halogens is 2. The molecular formula is C17H22F2N2O3S. The molecule has 0 bridgehead atoms. The first kappa shape index (κ1) is 19.5. The summed E-state index contributed by atoms with van der Waals surface area (Å²) in [6, 6.07) is 1.57. The SMILES string of the molecule is CC(C)(C)Sc1c(F)cc(NC(=O)N2CCC(C)(C(=O)O)C2)cc1F. The van der Waals surface area contributed by atoms with Gasteiger partial charge in [0.1, 0.15) is 11.6 Å². The zero-order chi connectivity index (χ0) is 19.0. The summed E-state index contributed by atoms with van der Waals surface area (Å²) in [6.07, 6.45) is 0.333. The second kappa shape index (κ2) is 6.82. The Bertz CT molecular complexity index is 683. The Morgan fingerprint density at radius 1 is 1.28 bits per heavy atom. The van der Waals surface area contributed by atoms with Crippen LogP contribution in [0, 0.1) is 17.0 Å². The molecule has 0 radical (unpaired) electrons. The lowest BCUT2D eigenvalue weighted by Crippen LogP contribution is -2.37. The summed E-state index contributed by atoms with van der Waals surface area (Å²) in [6.45, 7) is 7.44. The minimum atomic E-state index is -0.999. The summed E-state index contributed by atoms with van der Waals surface area (Å²) in [7, 11) is 0. The molecule has 1 aromatic carbocycles. The molecule has 25 heavy (non-hydrogen) atoms. The molecule has 1 fully saturated rings. The standard InChI is InChI=1S/C17H22F2N2O3S/c1-16(2,3)25-13-11(18)7-10(8-12(13)19)20-15(24)21-6-5-17(4,9-21)14(22)23/h7-8H,5-6,9H2,1-4H3,(H,20,24)(H,22,23). The molecule has 1 aromatic rings. The van der Waals surface area contributed by atoms with Crippen LogP contribution in [0.15, 0.2) is 17.0 Å². The van der Waals surface area contributed by atoms with Gasteiger partial charge in [0.25, 0.3) is 0 Å². The summed E-state index contributed by atoms with van der Waals surface area (Å²) < 4.78 is 28.0. The number of hydrogen-bond acceptors (Lipinski definition) is 3. The molecule has 5 nitrogen and oxygen atoms in total. The van der Waals surface area contributed by atoms with Gasteiger partial charge in [0, 0.05) is 23.5 Å². The van der Waals surface area contributed by atoms with Gasteiger partial charge in [-0.1, -0.05) is 20.8 Å². The number of benzene rings is 1. The first-order chi connectivity index (χ1) is 11.4. The van der Waals surface area contributed by atoms with Crippen LogP contribution >= 0.6 is 11.8 Å². The van der Waals surface area contributed by atoms with Crippen molar-refractivity contribution in [1.29, 1.82) is 0 Å². The number of thioether (sulfide) groups is 1. The fraction of sp³-hybridized carbons (Fsp3) is 0.529. The summed E-state index contributed by atoms with van der Waals surface area (Å²) in [5.74, 6) is -2.46. The van der Waals surface area contributed by atoms with Crippen molar-refractivity contribution in [2.45, 2.75) is 43.8 Å². The predicted octanol–water partition coefficient (Wildman–Crippen LogP) is 4.18. The van der Waals surface area contributed by atoms with Crippen molar-refractivity contribution in [3.8, 4) is 0 Å². The number of amides is 2. The van der Waals surface area contributed by atoms with Gasteiger partial charge in [-0.2, -0.15) is 0 Å². The highest BCUT2D eigenvalue weighted by Gasteiger charge is 2.42. The van der Waals surface area contributed by atoms with Crippen LogP contribution in [0.1, 0.15) is 34.1 Å². The zero-order valence-electron chi connectivity index (χ0n) is 14.7. The van der Waals surface area contributed by atoms with Crippen molar-refractivity contribution >= 4 is 29.4 Å². The second-order valence-corrected chi connectivity index (χ2v) is 9.29. The van der Waals surface area contributed by atoms with E-state index in [1.807, 2.05) is 20.8 Å². The van der Waals surface area contributed by atoms with E-state index in [2.05, 4.69) is 5.32 Å². The molecule has 0 spiro atoms. The molecule has 138 valence electrons. The number of carboxylic acids is 1. The van der Waals surface area contributed by atoms with Crippen molar-refractivity contribution < 1.29 is 23.5 Å². The van der Waals surface area contributed by atoms with E-state index >= 15 is 0 Å². The third-order valence-electron chi connectivity index (χ3n) is 3.93. The smallest absolute Gasteiger partial charge is 0.321 e. The van der Waals surface area contributed by atoms with Gasteiger partial charge in [-0.15, -0.1) is 11.8 Å². The lowest BCUT2D eigenvalue weighted by Gasteiger charge is -2.21. The Morgan fingerprint density at radius 3 is 2.28 bits per heavy atom. The number of carbonyl (C=O) groups excluding carboxylic acids is 1. The molecule has 1 heterocycles. The minimum Gasteiger partial charge on any atom is -0.481 e. The number of hydrogen-bond donors (Lipinski definition) is 2. The maximum absolute atomic E-state index is 14.2. The number of nitrogens with one attached hydrogen (secondary N) is 1. The Kier molecular flexibility index (Phi) is 5.32. The number of carboxylic acid groups (broad SMARTS) is 1. The maximum atomic E-state index is 14.2. The number of nitrogens with zero attached hydrogens (tertiary/aromatic N) is 1. The van der Waals surface area contributed by atoms with E-state index in [0.29, 0.717) is 6.42 Å². The monoisotopic (exact) mass is 372 g/mol.